The van der Waals surface area contributed by atoms with Crippen LogP contribution in [0.25, 0.3) is 0 Å². The van der Waals surface area contributed by atoms with Crippen LogP contribution >= 0.6 is 0 Å². The van der Waals surface area contributed by atoms with E-state index in [0.29, 0.717) is 0 Å². The Kier molecular flexibility index (Phi) is 4.74. The smallest absolute Gasteiger partial charge is 0.328 e. The van der Waals surface area contributed by atoms with Crippen molar-refractivity contribution in [2.24, 2.45) is 11.7 Å². The molecule has 2 N–H and O–H groups in total. The molecule has 0 amide bonds. The first-order valence-electron chi connectivity index (χ1n) is 6.03. The zero-order valence-corrected chi connectivity index (χ0v) is 10.5. The highest BCUT2D eigenvalue weighted by molar-refractivity contribution is 5.81. The lowest BCUT2D eigenvalue weighted by Crippen LogP contribution is -2.55. The molecule has 0 aromatic heterocycles. The van der Waals surface area contributed by atoms with Gasteiger partial charge in [-0.25, -0.2) is 4.79 Å². The van der Waals surface area contributed by atoms with Gasteiger partial charge >= 0.3 is 5.97 Å². The minimum absolute atomic E-state index is 0.149. The summed E-state index contributed by atoms with van der Waals surface area (Å²) in [4.78, 5) is 11.7. The number of hydrogen-bond acceptors (Lipinski definition) is 4. The molecule has 0 aliphatic heterocycles. The number of hydrogen-bond donors (Lipinski definition) is 1. The monoisotopic (exact) mass is 229 g/mol. The van der Waals surface area contributed by atoms with Crippen molar-refractivity contribution in [3.63, 3.8) is 0 Å². The predicted molar refractivity (Wildman–Crippen MR) is 62.0 cm³/mol. The molecular formula is C12H23NO3. The van der Waals surface area contributed by atoms with Crippen LogP contribution in [0.5, 0.6) is 0 Å². The molecule has 1 saturated carbocycles. The lowest BCUT2D eigenvalue weighted by atomic mass is 9.96. The van der Waals surface area contributed by atoms with E-state index in [4.69, 9.17) is 15.2 Å². The first kappa shape index (κ1) is 13.5. The SMILES string of the molecule is CCCC(C)OCC(N)(C(=O)OC)C1CC1. The molecule has 16 heavy (non-hydrogen) atoms. The first-order chi connectivity index (χ1) is 7.54. The van der Waals surface area contributed by atoms with E-state index in [9.17, 15) is 4.79 Å². The van der Waals surface area contributed by atoms with Crippen LogP contribution in [0.4, 0.5) is 0 Å². The van der Waals surface area contributed by atoms with E-state index in [1.165, 1.54) is 7.11 Å². The third-order valence-electron chi connectivity index (χ3n) is 3.17. The fourth-order valence-corrected chi connectivity index (χ4v) is 1.90. The number of carbonyl (C=O) groups excluding carboxylic acids is 1. The van der Waals surface area contributed by atoms with Crippen LogP contribution in [0.2, 0.25) is 0 Å². The molecule has 1 fully saturated rings. The van der Waals surface area contributed by atoms with Crippen molar-refractivity contribution >= 4 is 5.97 Å². The van der Waals surface area contributed by atoms with Crippen molar-refractivity contribution in [2.45, 2.75) is 51.2 Å². The van der Waals surface area contributed by atoms with Crippen molar-refractivity contribution in [3.05, 3.63) is 0 Å². The van der Waals surface area contributed by atoms with Gasteiger partial charge in [-0.05, 0) is 32.1 Å². The number of esters is 1. The second-order valence-electron chi connectivity index (χ2n) is 4.72. The van der Waals surface area contributed by atoms with Crippen molar-refractivity contribution in [1.82, 2.24) is 0 Å². The van der Waals surface area contributed by atoms with Crippen LogP contribution in [0.1, 0.15) is 39.5 Å². The summed E-state index contributed by atoms with van der Waals surface area (Å²) in [6.07, 6.45) is 4.20. The lowest BCUT2D eigenvalue weighted by molar-refractivity contribution is -0.151. The third kappa shape index (κ3) is 3.19. The van der Waals surface area contributed by atoms with Gasteiger partial charge in [-0.15, -0.1) is 0 Å². The Labute approximate surface area is 97.5 Å². The van der Waals surface area contributed by atoms with Crippen molar-refractivity contribution < 1.29 is 14.3 Å². The second kappa shape index (κ2) is 5.64. The summed E-state index contributed by atoms with van der Waals surface area (Å²) in [5.41, 5.74) is 5.17. The summed E-state index contributed by atoms with van der Waals surface area (Å²) < 4.78 is 10.4. The minimum Gasteiger partial charge on any atom is -0.468 e. The van der Waals surface area contributed by atoms with E-state index in [1.54, 1.807) is 0 Å². The molecule has 0 radical (unpaired) electrons. The molecule has 0 aromatic rings. The highest BCUT2D eigenvalue weighted by atomic mass is 16.5. The van der Waals surface area contributed by atoms with Gasteiger partial charge < -0.3 is 15.2 Å². The van der Waals surface area contributed by atoms with E-state index in [1.807, 2.05) is 6.92 Å². The van der Waals surface area contributed by atoms with Gasteiger partial charge in [-0.2, -0.15) is 0 Å². The summed E-state index contributed by atoms with van der Waals surface area (Å²) in [6, 6.07) is 0. The lowest BCUT2D eigenvalue weighted by Gasteiger charge is -2.27. The topological polar surface area (TPSA) is 61.5 Å². The molecule has 4 nitrogen and oxygen atoms in total. The van der Waals surface area contributed by atoms with Crippen LogP contribution in [-0.4, -0.2) is 31.3 Å². The van der Waals surface area contributed by atoms with E-state index >= 15 is 0 Å². The van der Waals surface area contributed by atoms with Gasteiger partial charge in [0.15, 0.2) is 0 Å². The van der Waals surface area contributed by atoms with Crippen LogP contribution in [0.15, 0.2) is 0 Å². The molecule has 0 spiro atoms. The Morgan fingerprint density at radius 3 is 2.62 bits per heavy atom. The summed E-state index contributed by atoms with van der Waals surface area (Å²) in [5, 5.41) is 0. The highest BCUT2D eigenvalue weighted by Gasteiger charge is 2.49. The minimum atomic E-state index is -0.934. The van der Waals surface area contributed by atoms with Gasteiger partial charge in [0.1, 0.15) is 5.54 Å². The molecule has 0 saturated heterocycles. The predicted octanol–water partition coefficient (Wildman–Crippen LogP) is 1.47. The largest absolute Gasteiger partial charge is 0.468 e. The second-order valence-corrected chi connectivity index (χ2v) is 4.72. The van der Waals surface area contributed by atoms with Crippen LogP contribution in [-0.2, 0) is 14.3 Å². The third-order valence-corrected chi connectivity index (χ3v) is 3.17. The van der Waals surface area contributed by atoms with Gasteiger partial charge in [0.25, 0.3) is 0 Å². The average Bonchev–Trinajstić information content (AvgIpc) is 3.09. The summed E-state index contributed by atoms with van der Waals surface area (Å²) in [6.45, 7) is 4.39. The molecule has 1 aliphatic carbocycles. The van der Waals surface area contributed by atoms with Crippen LogP contribution in [0.3, 0.4) is 0 Å². The molecule has 1 aliphatic rings. The number of rotatable bonds is 7. The molecule has 94 valence electrons. The highest BCUT2D eigenvalue weighted by Crippen LogP contribution is 2.39. The van der Waals surface area contributed by atoms with Crippen LogP contribution in [0, 0.1) is 5.92 Å². The fourth-order valence-electron chi connectivity index (χ4n) is 1.90. The van der Waals surface area contributed by atoms with Gasteiger partial charge in [0, 0.05) is 0 Å². The Balaban J connectivity index is 2.48. The van der Waals surface area contributed by atoms with Gasteiger partial charge in [0.05, 0.1) is 19.8 Å². The van der Waals surface area contributed by atoms with Crippen molar-refractivity contribution in [2.75, 3.05) is 13.7 Å². The number of carbonyl (C=O) groups is 1. The van der Waals surface area contributed by atoms with Crippen LogP contribution < -0.4 is 5.73 Å². The first-order valence-corrected chi connectivity index (χ1v) is 6.03. The molecular weight excluding hydrogens is 206 g/mol. The fraction of sp³-hybridized carbons (Fsp3) is 0.917. The van der Waals surface area contributed by atoms with Gasteiger partial charge in [-0.1, -0.05) is 13.3 Å². The van der Waals surface area contributed by atoms with Gasteiger partial charge in [-0.3, -0.25) is 0 Å². The number of methoxy groups -OCH3 is 1. The summed E-state index contributed by atoms with van der Waals surface area (Å²) >= 11 is 0. The molecule has 1 rings (SSSR count). The quantitative estimate of drug-likeness (QED) is 0.672. The number of nitrogens with two attached hydrogens (primary N) is 1. The summed E-state index contributed by atoms with van der Waals surface area (Å²) in [5.74, 6) is -0.118. The Morgan fingerprint density at radius 2 is 2.19 bits per heavy atom. The molecule has 4 heteroatoms. The Morgan fingerprint density at radius 1 is 1.56 bits per heavy atom. The normalized spacial score (nSPS) is 21.2. The standard InChI is InChI=1S/C12H23NO3/c1-4-5-9(2)16-8-12(13,10-6-7-10)11(14)15-3/h9-10H,4-8,13H2,1-3H3. The average molecular weight is 229 g/mol. The summed E-state index contributed by atoms with van der Waals surface area (Å²) in [7, 11) is 1.38. The van der Waals surface area contributed by atoms with Crippen molar-refractivity contribution in [1.29, 1.82) is 0 Å². The maximum absolute atomic E-state index is 11.7. The maximum atomic E-state index is 11.7. The zero-order valence-electron chi connectivity index (χ0n) is 10.5. The molecule has 2 atom stereocenters. The van der Waals surface area contributed by atoms with E-state index in [-0.39, 0.29) is 24.6 Å². The molecule has 2 unspecified atom stereocenters. The zero-order chi connectivity index (χ0) is 12.2. The van der Waals surface area contributed by atoms with E-state index < -0.39 is 5.54 Å². The maximum Gasteiger partial charge on any atom is 0.328 e. The van der Waals surface area contributed by atoms with Gasteiger partial charge in [0.2, 0.25) is 0 Å². The molecule has 0 heterocycles. The molecule has 0 bridgehead atoms. The van der Waals surface area contributed by atoms with E-state index in [2.05, 4.69) is 6.92 Å². The number of ether oxygens (including phenoxy) is 2. The Bertz CT molecular complexity index is 240. The Hall–Kier alpha value is -0.610. The van der Waals surface area contributed by atoms with Crippen molar-refractivity contribution in [3.8, 4) is 0 Å². The van der Waals surface area contributed by atoms with E-state index in [0.717, 1.165) is 25.7 Å². The molecule has 0 aromatic carbocycles.